The van der Waals surface area contributed by atoms with Crippen LogP contribution >= 0.6 is 11.6 Å². The highest BCUT2D eigenvalue weighted by atomic mass is 35.5. The van der Waals surface area contributed by atoms with Crippen LogP contribution in [-0.4, -0.2) is 22.0 Å². The molecule has 22 heavy (non-hydrogen) atoms. The second-order valence-electron chi connectivity index (χ2n) is 4.85. The Kier molecular flexibility index (Phi) is 4.30. The lowest BCUT2D eigenvalue weighted by molar-refractivity contribution is 0.0936. The van der Waals surface area contributed by atoms with Gasteiger partial charge in [-0.25, -0.2) is 0 Å². The van der Waals surface area contributed by atoms with Crippen molar-refractivity contribution in [1.82, 2.24) is 15.5 Å². The maximum atomic E-state index is 12.5. The van der Waals surface area contributed by atoms with Gasteiger partial charge in [0.25, 0.3) is 5.91 Å². The summed E-state index contributed by atoms with van der Waals surface area (Å²) in [7, 11) is 0. The fraction of sp³-hybridized carbons (Fsp3) is 0.118. The average Bonchev–Trinajstić information content (AvgIpc) is 2.82. The fourth-order valence-electron chi connectivity index (χ4n) is 2.27. The van der Waals surface area contributed by atoms with Crippen molar-refractivity contribution in [2.45, 2.75) is 6.04 Å². The highest BCUT2D eigenvalue weighted by Crippen LogP contribution is 2.22. The standard InChI is InChI=1S/C17H14ClN3O/c18-11-15(12-7-3-1-4-8-12)19-17(22)16-13-9-5-2-6-10-14(13)20-21-16/h1-10,15H,11H2,(H,19,22)/t15-/m1/s1. The van der Waals surface area contributed by atoms with Crippen LogP contribution in [0.5, 0.6) is 0 Å². The number of aromatic nitrogens is 2. The zero-order chi connectivity index (χ0) is 15.4. The van der Waals surface area contributed by atoms with E-state index in [4.69, 9.17) is 11.6 Å². The van der Waals surface area contributed by atoms with E-state index in [1.165, 1.54) is 0 Å². The van der Waals surface area contributed by atoms with Crippen LogP contribution in [0.4, 0.5) is 0 Å². The van der Waals surface area contributed by atoms with Gasteiger partial charge in [-0.2, -0.15) is 0 Å². The Bertz CT molecular complexity index is 748. The van der Waals surface area contributed by atoms with Crippen LogP contribution in [0, 0.1) is 0 Å². The molecule has 1 aliphatic carbocycles. The molecule has 1 aromatic carbocycles. The third kappa shape index (κ3) is 2.92. The maximum absolute atomic E-state index is 12.5. The predicted molar refractivity (Wildman–Crippen MR) is 86.0 cm³/mol. The molecule has 0 unspecified atom stereocenters. The van der Waals surface area contributed by atoms with Gasteiger partial charge < -0.3 is 5.32 Å². The van der Waals surface area contributed by atoms with Gasteiger partial charge >= 0.3 is 0 Å². The number of hydrogen-bond donors (Lipinski definition) is 1. The number of carbonyl (C=O) groups excluding carboxylic acids is 1. The van der Waals surface area contributed by atoms with E-state index in [-0.39, 0.29) is 17.8 Å². The van der Waals surface area contributed by atoms with Crippen molar-refractivity contribution in [2.75, 3.05) is 5.88 Å². The Morgan fingerprint density at radius 2 is 1.68 bits per heavy atom. The van der Waals surface area contributed by atoms with Gasteiger partial charge in [0.05, 0.1) is 11.7 Å². The maximum Gasteiger partial charge on any atom is 0.273 e. The molecule has 0 spiro atoms. The summed E-state index contributed by atoms with van der Waals surface area (Å²) in [6.07, 6.45) is 0. The van der Waals surface area contributed by atoms with Crippen molar-refractivity contribution >= 4 is 17.5 Å². The van der Waals surface area contributed by atoms with Crippen molar-refractivity contribution in [3.63, 3.8) is 0 Å². The van der Waals surface area contributed by atoms with Crippen molar-refractivity contribution in [3.05, 3.63) is 71.9 Å². The Morgan fingerprint density at radius 1 is 1.00 bits per heavy atom. The van der Waals surface area contributed by atoms with E-state index in [0.29, 0.717) is 11.4 Å². The lowest BCUT2D eigenvalue weighted by atomic mass is 10.1. The number of carbonyl (C=O) groups is 1. The average molecular weight is 312 g/mol. The largest absolute Gasteiger partial charge is 0.343 e. The number of benzene rings is 1. The number of nitrogens with one attached hydrogen (secondary N) is 1. The summed E-state index contributed by atoms with van der Waals surface area (Å²) in [5.41, 5.74) is 2.69. The topological polar surface area (TPSA) is 54.9 Å². The number of fused-ring (bicyclic) bond motifs is 1. The number of nitrogens with zero attached hydrogens (tertiary/aromatic N) is 2. The zero-order valence-electron chi connectivity index (χ0n) is 11.7. The van der Waals surface area contributed by atoms with Gasteiger partial charge in [0.15, 0.2) is 5.69 Å². The SMILES string of the molecule is O=C(N[C@H](CCl)c1ccccc1)c1nnc2cccccc1-2. The van der Waals surface area contributed by atoms with Gasteiger partial charge in [0.2, 0.25) is 0 Å². The number of amides is 1. The van der Waals surface area contributed by atoms with E-state index in [2.05, 4.69) is 15.5 Å². The minimum absolute atomic E-state index is 0.264. The van der Waals surface area contributed by atoms with Gasteiger partial charge in [0.1, 0.15) is 0 Å². The highest BCUT2D eigenvalue weighted by molar-refractivity contribution is 6.18. The molecule has 4 nitrogen and oxygen atoms in total. The minimum atomic E-state index is -0.275. The molecule has 1 N–H and O–H groups in total. The molecule has 0 bridgehead atoms. The molecule has 0 saturated carbocycles. The van der Waals surface area contributed by atoms with E-state index in [1.807, 2.05) is 60.7 Å². The zero-order valence-corrected chi connectivity index (χ0v) is 12.5. The van der Waals surface area contributed by atoms with Crippen molar-refractivity contribution < 1.29 is 4.79 Å². The minimum Gasteiger partial charge on any atom is -0.343 e. The van der Waals surface area contributed by atoms with Gasteiger partial charge in [-0.05, 0) is 11.6 Å². The van der Waals surface area contributed by atoms with Crippen LogP contribution in [0.25, 0.3) is 11.3 Å². The van der Waals surface area contributed by atoms with Crippen molar-refractivity contribution in [2.24, 2.45) is 0 Å². The number of halogens is 1. The molecule has 1 heterocycles. The first-order chi connectivity index (χ1) is 10.8. The van der Waals surface area contributed by atoms with Gasteiger partial charge in [-0.3, -0.25) is 4.79 Å². The quantitative estimate of drug-likeness (QED) is 0.752. The van der Waals surface area contributed by atoms with Crippen molar-refractivity contribution in [1.29, 1.82) is 0 Å². The van der Waals surface area contributed by atoms with E-state index < -0.39 is 0 Å². The van der Waals surface area contributed by atoms with E-state index in [0.717, 1.165) is 11.1 Å². The van der Waals surface area contributed by atoms with E-state index >= 15 is 0 Å². The molecular formula is C17H14ClN3O. The molecule has 1 atom stereocenters. The molecule has 5 heteroatoms. The Labute approximate surface area is 133 Å². The van der Waals surface area contributed by atoms with Crippen LogP contribution in [0.1, 0.15) is 22.1 Å². The Hall–Kier alpha value is -2.46. The van der Waals surface area contributed by atoms with E-state index in [9.17, 15) is 4.79 Å². The molecule has 0 saturated heterocycles. The number of hydrogen-bond acceptors (Lipinski definition) is 3. The molecule has 1 aromatic rings. The second-order valence-corrected chi connectivity index (χ2v) is 5.16. The molecule has 2 aliphatic rings. The molecular weight excluding hydrogens is 298 g/mol. The first-order valence-corrected chi connectivity index (χ1v) is 7.46. The molecule has 1 amide bonds. The third-order valence-corrected chi connectivity index (χ3v) is 3.71. The molecule has 0 radical (unpaired) electrons. The fourth-order valence-corrected chi connectivity index (χ4v) is 2.53. The van der Waals surface area contributed by atoms with Crippen LogP contribution in [0.2, 0.25) is 0 Å². The molecule has 0 aromatic heterocycles. The van der Waals surface area contributed by atoms with Gasteiger partial charge in [0, 0.05) is 11.4 Å². The Balaban J connectivity index is 1.85. The molecule has 110 valence electrons. The lowest BCUT2D eigenvalue weighted by Gasteiger charge is -2.15. The molecule has 1 aliphatic heterocycles. The van der Waals surface area contributed by atoms with Gasteiger partial charge in [-0.15, -0.1) is 21.8 Å². The summed E-state index contributed by atoms with van der Waals surface area (Å²) < 4.78 is 0. The summed E-state index contributed by atoms with van der Waals surface area (Å²) in [6.45, 7) is 0. The summed E-state index contributed by atoms with van der Waals surface area (Å²) in [5.74, 6) is 0.0125. The number of alkyl halides is 1. The first-order valence-electron chi connectivity index (χ1n) is 6.93. The Morgan fingerprint density at radius 3 is 2.41 bits per heavy atom. The first kappa shape index (κ1) is 14.5. The van der Waals surface area contributed by atoms with Crippen LogP contribution < -0.4 is 5.32 Å². The summed E-state index contributed by atoms with van der Waals surface area (Å²) >= 11 is 6.00. The van der Waals surface area contributed by atoms with Crippen LogP contribution in [0.15, 0.2) is 60.7 Å². The third-order valence-electron chi connectivity index (χ3n) is 3.40. The predicted octanol–water partition coefficient (Wildman–Crippen LogP) is 3.29. The summed E-state index contributed by atoms with van der Waals surface area (Å²) in [5, 5.41) is 11.0. The molecule has 3 rings (SSSR count). The second kappa shape index (κ2) is 6.54. The highest BCUT2D eigenvalue weighted by Gasteiger charge is 2.21. The van der Waals surface area contributed by atoms with Crippen molar-refractivity contribution in [3.8, 4) is 11.3 Å². The van der Waals surface area contributed by atoms with Crippen LogP contribution in [0.3, 0.4) is 0 Å². The van der Waals surface area contributed by atoms with E-state index in [1.54, 1.807) is 0 Å². The summed E-state index contributed by atoms with van der Waals surface area (Å²) in [4.78, 5) is 12.5. The van der Waals surface area contributed by atoms with Crippen LogP contribution in [-0.2, 0) is 0 Å². The lowest BCUT2D eigenvalue weighted by Crippen LogP contribution is -2.30. The molecule has 0 fully saturated rings. The normalized spacial score (nSPS) is 12.0. The summed E-state index contributed by atoms with van der Waals surface area (Å²) in [6, 6.07) is 18.6. The monoisotopic (exact) mass is 311 g/mol. The number of rotatable bonds is 4. The smallest absolute Gasteiger partial charge is 0.273 e. The van der Waals surface area contributed by atoms with Gasteiger partial charge in [-0.1, -0.05) is 54.6 Å².